The summed E-state index contributed by atoms with van der Waals surface area (Å²) in [4.78, 5) is 12.8. The Morgan fingerprint density at radius 1 is 1.17 bits per heavy atom. The largest absolute Gasteiger partial charge is 0.367 e. The van der Waals surface area contributed by atoms with E-state index in [1.165, 1.54) is 19.3 Å². The topological polar surface area (TPSA) is 26.3 Å². The lowest BCUT2D eigenvalue weighted by atomic mass is 9.74. The lowest BCUT2D eigenvalue weighted by molar-refractivity contribution is -0.149. The molecule has 0 aromatic heterocycles. The van der Waals surface area contributed by atoms with Crippen LogP contribution in [0.4, 0.5) is 0 Å². The van der Waals surface area contributed by atoms with Gasteiger partial charge in [0.1, 0.15) is 5.60 Å². The number of hydrogen-bond acceptors (Lipinski definition) is 2. The van der Waals surface area contributed by atoms with Crippen LogP contribution in [0.25, 0.3) is 0 Å². The molecule has 104 valence electrons. The van der Waals surface area contributed by atoms with Gasteiger partial charge in [0.05, 0.1) is 0 Å². The monoisotopic (exact) mass is 252 g/mol. The first-order valence-corrected chi connectivity index (χ1v) is 7.90. The maximum absolute atomic E-state index is 12.8. The lowest BCUT2D eigenvalue weighted by Gasteiger charge is -2.35. The van der Waals surface area contributed by atoms with Crippen molar-refractivity contribution in [2.24, 2.45) is 11.8 Å². The fourth-order valence-electron chi connectivity index (χ4n) is 3.96. The van der Waals surface area contributed by atoms with E-state index in [2.05, 4.69) is 6.92 Å². The molecule has 2 saturated carbocycles. The average molecular weight is 252 g/mol. The number of ketones is 1. The third-order valence-corrected chi connectivity index (χ3v) is 5.01. The molecule has 2 aliphatic carbocycles. The lowest BCUT2D eigenvalue weighted by Crippen LogP contribution is -2.44. The minimum Gasteiger partial charge on any atom is -0.367 e. The molecule has 2 aliphatic rings. The van der Waals surface area contributed by atoms with Gasteiger partial charge >= 0.3 is 0 Å². The molecule has 0 N–H and O–H groups in total. The first kappa shape index (κ1) is 14.0. The molecule has 0 saturated heterocycles. The number of carbonyl (C=O) groups excluding carboxylic acids is 1. The van der Waals surface area contributed by atoms with Crippen molar-refractivity contribution in [3.05, 3.63) is 0 Å². The predicted octanol–water partition coefficient (Wildman–Crippen LogP) is 4.12. The molecule has 2 rings (SSSR count). The maximum Gasteiger partial charge on any atom is 0.167 e. The van der Waals surface area contributed by atoms with Crippen molar-refractivity contribution in [2.75, 3.05) is 6.61 Å². The highest BCUT2D eigenvalue weighted by molar-refractivity contribution is 5.89. The van der Waals surface area contributed by atoms with Crippen LogP contribution in [0.15, 0.2) is 0 Å². The van der Waals surface area contributed by atoms with Crippen molar-refractivity contribution in [1.29, 1.82) is 0 Å². The van der Waals surface area contributed by atoms with Gasteiger partial charge in [0, 0.05) is 12.5 Å². The number of Topliss-reactive ketones (excluding diaryl/α,β-unsaturated/α-hetero) is 1. The first-order chi connectivity index (χ1) is 8.72. The summed E-state index contributed by atoms with van der Waals surface area (Å²) in [6, 6.07) is 0. The Labute approximate surface area is 111 Å². The molecule has 0 aromatic rings. The van der Waals surface area contributed by atoms with Gasteiger partial charge in [0.25, 0.3) is 0 Å². The SMILES string of the molecule is CCOC1(C(=O)C2CCCC(CC)C2)CCCC1. The standard InChI is InChI=1S/C16H28O2/c1-3-13-8-7-9-14(12-13)15(17)16(18-4-2)10-5-6-11-16/h13-14H,3-12H2,1-2H3. The van der Waals surface area contributed by atoms with E-state index in [9.17, 15) is 4.79 Å². The molecule has 18 heavy (non-hydrogen) atoms. The Kier molecular flexibility index (Phi) is 4.83. The maximum atomic E-state index is 12.8. The number of carbonyl (C=O) groups is 1. The second-order valence-electron chi connectivity index (χ2n) is 6.14. The summed E-state index contributed by atoms with van der Waals surface area (Å²) in [5, 5.41) is 0. The van der Waals surface area contributed by atoms with E-state index < -0.39 is 5.60 Å². The minimum absolute atomic E-state index is 0.286. The van der Waals surface area contributed by atoms with Crippen LogP contribution in [0, 0.1) is 11.8 Å². The van der Waals surface area contributed by atoms with Crippen LogP contribution in [-0.4, -0.2) is 18.0 Å². The van der Waals surface area contributed by atoms with Crippen molar-refractivity contribution in [3.63, 3.8) is 0 Å². The smallest absolute Gasteiger partial charge is 0.167 e. The van der Waals surface area contributed by atoms with Gasteiger partial charge in [-0.25, -0.2) is 0 Å². The van der Waals surface area contributed by atoms with Gasteiger partial charge in [-0.05, 0) is 51.4 Å². The Bertz CT molecular complexity index is 279. The highest BCUT2D eigenvalue weighted by Crippen LogP contribution is 2.40. The Hall–Kier alpha value is -0.370. The Balaban J connectivity index is 2.04. The summed E-state index contributed by atoms with van der Waals surface area (Å²) < 4.78 is 5.92. The minimum atomic E-state index is -0.394. The van der Waals surface area contributed by atoms with Crippen LogP contribution in [0.1, 0.15) is 71.6 Å². The van der Waals surface area contributed by atoms with Gasteiger partial charge in [-0.15, -0.1) is 0 Å². The van der Waals surface area contributed by atoms with Gasteiger partial charge in [0.2, 0.25) is 0 Å². The van der Waals surface area contributed by atoms with Crippen LogP contribution >= 0.6 is 0 Å². The quantitative estimate of drug-likeness (QED) is 0.735. The highest BCUT2D eigenvalue weighted by Gasteiger charge is 2.45. The van der Waals surface area contributed by atoms with Crippen molar-refractivity contribution in [2.45, 2.75) is 77.2 Å². The summed E-state index contributed by atoms with van der Waals surface area (Å²) in [6.45, 7) is 4.95. The fraction of sp³-hybridized carbons (Fsp3) is 0.938. The van der Waals surface area contributed by atoms with E-state index in [4.69, 9.17) is 4.74 Å². The molecule has 2 nitrogen and oxygen atoms in total. The van der Waals surface area contributed by atoms with Crippen LogP contribution in [-0.2, 0) is 9.53 Å². The van der Waals surface area contributed by atoms with Crippen LogP contribution in [0.2, 0.25) is 0 Å². The normalized spacial score (nSPS) is 31.4. The molecule has 0 heterocycles. The molecule has 0 aromatic carbocycles. The van der Waals surface area contributed by atoms with Gasteiger partial charge in [-0.2, -0.15) is 0 Å². The molecule has 0 amide bonds. The third kappa shape index (κ3) is 2.79. The van der Waals surface area contributed by atoms with Gasteiger partial charge in [-0.3, -0.25) is 4.79 Å². The van der Waals surface area contributed by atoms with E-state index in [0.29, 0.717) is 12.4 Å². The molecule has 0 spiro atoms. The fourth-order valence-corrected chi connectivity index (χ4v) is 3.96. The molecule has 2 atom stereocenters. The molecule has 0 aliphatic heterocycles. The summed E-state index contributed by atoms with van der Waals surface area (Å²) in [6.07, 6.45) is 10.3. The van der Waals surface area contributed by atoms with E-state index in [1.807, 2.05) is 6.92 Å². The summed E-state index contributed by atoms with van der Waals surface area (Å²) in [5.41, 5.74) is -0.394. The van der Waals surface area contributed by atoms with E-state index in [-0.39, 0.29) is 5.92 Å². The molecular formula is C16H28O2. The zero-order valence-corrected chi connectivity index (χ0v) is 12.0. The average Bonchev–Trinajstić information content (AvgIpc) is 2.88. The molecule has 0 bridgehead atoms. The van der Waals surface area contributed by atoms with Crippen LogP contribution < -0.4 is 0 Å². The second kappa shape index (κ2) is 6.18. The van der Waals surface area contributed by atoms with E-state index in [1.54, 1.807) is 0 Å². The van der Waals surface area contributed by atoms with Crippen molar-refractivity contribution in [1.82, 2.24) is 0 Å². The van der Waals surface area contributed by atoms with E-state index >= 15 is 0 Å². The first-order valence-electron chi connectivity index (χ1n) is 7.90. The van der Waals surface area contributed by atoms with Gasteiger partial charge in [0.15, 0.2) is 5.78 Å². The number of ether oxygens (including phenoxy) is 1. The molecular weight excluding hydrogens is 224 g/mol. The number of rotatable bonds is 5. The molecule has 0 radical (unpaired) electrons. The summed E-state index contributed by atoms with van der Waals surface area (Å²) >= 11 is 0. The Morgan fingerprint density at radius 3 is 2.50 bits per heavy atom. The van der Waals surface area contributed by atoms with E-state index in [0.717, 1.165) is 44.4 Å². The molecule has 2 fully saturated rings. The predicted molar refractivity (Wildman–Crippen MR) is 73.6 cm³/mol. The zero-order chi connectivity index (χ0) is 13.0. The summed E-state index contributed by atoms with van der Waals surface area (Å²) in [5.74, 6) is 1.50. The number of hydrogen-bond donors (Lipinski definition) is 0. The van der Waals surface area contributed by atoms with Crippen molar-refractivity contribution < 1.29 is 9.53 Å². The molecule has 2 unspecified atom stereocenters. The third-order valence-electron chi connectivity index (χ3n) is 5.01. The van der Waals surface area contributed by atoms with Crippen molar-refractivity contribution >= 4 is 5.78 Å². The molecule has 2 heteroatoms. The Morgan fingerprint density at radius 2 is 1.89 bits per heavy atom. The van der Waals surface area contributed by atoms with Gasteiger partial charge in [-0.1, -0.05) is 26.2 Å². The van der Waals surface area contributed by atoms with Crippen molar-refractivity contribution in [3.8, 4) is 0 Å². The summed E-state index contributed by atoms with van der Waals surface area (Å²) in [7, 11) is 0. The van der Waals surface area contributed by atoms with Crippen LogP contribution in [0.3, 0.4) is 0 Å². The highest BCUT2D eigenvalue weighted by atomic mass is 16.5. The second-order valence-corrected chi connectivity index (χ2v) is 6.14. The van der Waals surface area contributed by atoms with Gasteiger partial charge < -0.3 is 4.74 Å². The zero-order valence-electron chi connectivity index (χ0n) is 12.0. The van der Waals surface area contributed by atoms with Crippen LogP contribution in [0.5, 0.6) is 0 Å².